The Bertz CT molecular complexity index is 669. The molecule has 110 valence electrons. The Balaban J connectivity index is 0.000000211. The van der Waals surface area contributed by atoms with Crippen molar-refractivity contribution in [3.8, 4) is 0 Å². The zero-order valence-electron chi connectivity index (χ0n) is 11.5. The van der Waals surface area contributed by atoms with Gasteiger partial charge in [-0.25, -0.2) is 4.39 Å². The lowest BCUT2D eigenvalue weighted by Gasteiger charge is -1.97. The molecule has 5 heteroatoms. The van der Waals surface area contributed by atoms with Crippen LogP contribution >= 0.6 is 31.9 Å². The third-order valence-electron chi connectivity index (χ3n) is 2.59. The highest BCUT2D eigenvalue weighted by molar-refractivity contribution is 9.10. The molecule has 0 spiro atoms. The highest BCUT2D eigenvalue weighted by Crippen LogP contribution is 2.18. The fraction of sp³-hybridized carbons (Fsp3) is 0.125. The van der Waals surface area contributed by atoms with Crippen LogP contribution in [0.1, 0.15) is 33.2 Å². The second-order valence-electron chi connectivity index (χ2n) is 4.32. The van der Waals surface area contributed by atoms with Crippen molar-refractivity contribution in [2.75, 3.05) is 0 Å². The lowest BCUT2D eigenvalue weighted by molar-refractivity contribution is 0.101. The van der Waals surface area contributed by atoms with Crippen LogP contribution in [0, 0.1) is 12.7 Å². The standard InChI is InChI=1S/C8H6BrFO.C8H7BrO/c1-5(11)7-3-2-6(10)4-8(7)9;1-6-2-3-7(5-10)8(9)4-6/h2-4H,1H3;2-5H,1H3. The molecule has 0 amide bonds. The quantitative estimate of drug-likeness (QED) is 0.488. The second-order valence-corrected chi connectivity index (χ2v) is 6.03. The summed E-state index contributed by atoms with van der Waals surface area (Å²) in [5.74, 6) is -0.418. The van der Waals surface area contributed by atoms with Crippen molar-refractivity contribution < 1.29 is 14.0 Å². The predicted octanol–water partition coefficient (Wildman–Crippen LogP) is 5.36. The Hall–Kier alpha value is -1.33. The summed E-state index contributed by atoms with van der Waals surface area (Å²) in [7, 11) is 0. The third kappa shape index (κ3) is 5.52. The molecule has 0 radical (unpaired) electrons. The number of hydrogen-bond acceptors (Lipinski definition) is 2. The monoisotopic (exact) mass is 414 g/mol. The summed E-state index contributed by atoms with van der Waals surface area (Å²) in [6, 6.07) is 9.63. The van der Waals surface area contributed by atoms with E-state index in [-0.39, 0.29) is 11.6 Å². The van der Waals surface area contributed by atoms with E-state index in [2.05, 4.69) is 31.9 Å². The number of Topliss-reactive ketones (excluding diaryl/α,β-unsaturated/α-hetero) is 1. The maximum absolute atomic E-state index is 12.5. The minimum absolute atomic E-state index is 0.0723. The SMILES string of the molecule is CC(=O)c1ccc(F)cc1Br.Cc1ccc(C=O)c(Br)c1. The number of carbonyl (C=O) groups excluding carboxylic acids is 2. The smallest absolute Gasteiger partial charge is 0.160 e. The van der Waals surface area contributed by atoms with Gasteiger partial charge in [0.15, 0.2) is 12.1 Å². The molecule has 0 saturated carbocycles. The minimum atomic E-state index is -0.345. The Morgan fingerprint density at radius 2 is 1.76 bits per heavy atom. The van der Waals surface area contributed by atoms with Crippen molar-refractivity contribution in [3.63, 3.8) is 0 Å². The molecule has 2 nitrogen and oxygen atoms in total. The first-order valence-electron chi connectivity index (χ1n) is 6.02. The van der Waals surface area contributed by atoms with Crippen LogP contribution in [-0.4, -0.2) is 12.1 Å². The van der Waals surface area contributed by atoms with E-state index in [9.17, 15) is 14.0 Å². The van der Waals surface area contributed by atoms with Gasteiger partial charge >= 0.3 is 0 Å². The summed E-state index contributed by atoms with van der Waals surface area (Å²) < 4.78 is 13.8. The molecule has 2 aromatic rings. The van der Waals surface area contributed by atoms with Crippen LogP contribution in [0.2, 0.25) is 0 Å². The van der Waals surface area contributed by atoms with E-state index in [1.54, 1.807) is 6.07 Å². The molecule has 0 unspecified atom stereocenters. The molecule has 0 atom stereocenters. The average Bonchev–Trinajstić information content (AvgIpc) is 2.39. The van der Waals surface area contributed by atoms with Crippen LogP contribution < -0.4 is 0 Å². The first-order chi connectivity index (χ1) is 9.85. The number of halogens is 3. The molecule has 0 aromatic heterocycles. The van der Waals surface area contributed by atoms with Crippen LogP contribution in [0.25, 0.3) is 0 Å². The highest BCUT2D eigenvalue weighted by atomic mass is 79.9. The van der Waals surface area contributed by atoms with E-state index in [1.807, 2.05) is 19.1 Å². The number of carbonyl (C=O) groups is 2. The number of aryl methyl sites for hydroxylation is 1. The van der Waals surface area contributed by atoms with Crippen LogP contribution in [-0.2, 0) is 0 Å². The van der Waals surface area contributed by atoms with Gasteiger partial charge in [0.25, 0.3) is 0 Å². The van der Waals surface area contributed by atoms with E-state index in [4.69, 9.17) is 0 Å². The average molecular weight is 416 g/mol. The first-order valence-corrected chi connectivity index (χ1v) is 7.61. The van der Waals surface area contributed by atoms with Gasteiger partial charge in [0.1, 0.15) is 5.82 Å². The molecule has 21 heavy (non-hydrogen) atoms. The van der Waals surface area contributed by atoms with Crippen molar-refractivity contribution in [2.24, 2.45) is 0 Å². The van der Waals surface area contributed by atoms with Gasteiger partial charge in [0.2, 0.25) is 0 Å². The summed E-state index contributed by atoms with van der Waals surface area (Å²) in [4.78, 5) is 21.1. The number of hydrogen-bond donors (Lipinski definition) is 0. The Kier molecular flexibility index (Phi) is 6.92. The number of benzene rings is 2. The van der Waals surface area contributed by atoms with E-state index in [1.165, 1.54) is 25.1 Å². The van der Waals surface area contributed by atoms with E-state index in [0.29, 0.717) is 15.6 Å². The Morgan fingerprint density at radius 1 is 1.10 bits per heavy atom. The second kappa shape index (κ2) is 8.20. The fourth-order valence-electron chi connectivity index (χ4n) is 1.50. The van der Waals surface area contributed by atoms with Crippen molar-refractivity contribution in [1.29, 1.82) is 0 Å². The van der Waals surface area contributed by atoms with Gasteiger partial charge in [-0.2, -0.15) is 0 Å². The highest BCUT2D eigenvalue weighted by Gasteiger charge is 2.04. The number of ketones is 1. The van der Waals surface area contributed by atoms with Gasteiger partial charge in [0.05, 0.1) is 0 Å². The summed E-state index contributed by atoms with van der Waals surface area (Å²) in [6.45, 7) is 3.43. The van der Waals surface area contributed by atoms with Crippen molar-refractivity contribution in [2.45, 2.75) is 13.8 Å². The van der Waals surface area contributed by atoms with Crippen LogP contribution in [0.15, 0.2) is 45.3 Å². The van der Waals surface area contributed by atoms with Gasteiger partial charge in [-0.15, -0.1) is 0 Å². The number of rotatable bonds is 2. The number of aldehydes is 1. The zero-order chi connectivity index (χ0) is 16.0. The lowest BCUT2D eigenvalue weighted by Crippen LogP contribution is -1.93. The molecule has 2 rings (SSSR count). The van der Waals surface area contributed by atoms with Crippen molar-refractivity contribution >= 4 is 43.9 Å². The molecule has 0 aliphatic carbocycles. The van der Waals surface area contributed by atoms with Gasteiger partial charge in [-0.1, -0.05) is 28.1 Å². The van der Waals surface area contributed by atoms with Crippen LogP contribution in [0.4, 0.5) is 4.39 Å². The summed E-state index contributed by atoms with van der Waals surface area (Å²) in [5.41, 5.74) is 2.36. The minimum Gasteiger partial charge on any atom is -0.298 e. The molecule has 2 aromatic carbocycles. The lowest BCUT2D eigenvalue weighted by atomic mass is 10.1. The zero-order valence-corrected chi connectivity index (χ0v) is 14.7. The molecule has 0 aliphatic heterocycles. The molecule has 0 N–H and O–H groups in total. The Labute approximate surface area is 139 Å². The maximum atomic E-state index is 12.5. The van der Waals surface area contributed by atoms with Gasteiger partial charge < -0.3 is 0 Å². The van der Waals surface area contributed by atoms with Crippen LogP contribution in [0.5, 0.6) is 0 Å². The maximum Gasteiger partial charge on any atom is 0.160 e. The Morgan fingerprint density at radius 3 is 2.24 bits per heavy atom. The summed E-state index contributed by atoms with van der Waals surface area (Å²) in [5, 5.41) is 0. The van der Waals surface area contributed by atoms with Crippen molar-refractivity contribution in [3.05, 3.63) is 67.9 Å². The van der Waals surface area contributed by atoms with E-state index >= 15 is 0 Å². The molecule has 0 heterocycles. The first kappa shape index (κ1) is 17.7. The van der Waals surface area contributed by atoms with Crippen molar-refractivity contribution in [1.82, 2.24) is 0 Å². The summed E-state index contributed by atoms with van der Waals surface area (Å²) >= 11 is 6.36. The molecule has 0 bridgehead atoms. The normalized spacial score (nSPS) is 9.57. The topological polar surface area (TPSA) is 34.1 Å². The largest absolute Gasteiger partial charge is 0.298 e. The van der Waals surface area contributed by atoms with Crippen LogP contribution in [0.3, 0.4) is 0 Å². The predicted molar refractivity (Wildman–Crippen MR) is 88.4 cm³/mol. The summed E-state index contributed by atoms with van der Waals surface area (Å²) in [6.07, 6.45) is 0.837. The molecule has 0 saturated heterocycles. The third-order valence-corrected chi connectivity index (χ3v) is 3.94. The van der Waals surface area contributed by atoms with E-state index in [0.717, 1.165) is 16.3 Å². The van der Waals surface area contributed by atoms with E-state index < -0.39 is 0 Å². The fourth-order valence-corrected chi connectivity index (χ4v) is 2.72. The van der Waals surface area contributed by atoms with Gasteiger partial charge in [-0.05, 0) is 59.6 Å². The molecule has 0 aliphatic rings. The molecule has 0 fully saturated rings. The van der Waals surface area contributed by atoms with Gasteiger partial charge in [0, 0.05) is 20.1 Å². The van der Waals surface area contributed by atoms with Gasteiger partial charge in [-0.3, -0.25) is 9.59 Å². The molecular weight excluding hydrogens is 403 g/mol. The molecular formula is C16H13Br2FO2.